The molecule has 0 unspecified atom stereocenters. The van der Waals surface area contributed by atoms with E-state index in [-0.39, 0.29) is 16.8 Å². The fourth-order valence-electron chi connectivity index (χ4n) is 2.42. The van der Waals surface area contributed by atoms with Gasteiger partial charge in [-0.15, -0.1) is 0 Å². The summed E-state index contributed by atoms with van der Waals surface area (Å²) in [7, 11) is 1.41. The predicted octanol–water partition coefficient (Wildman–Crippen LogP) is 1.17. The number of aromatic amines is 1. The van der Waals surface area contributed by atoms with Crippen LogP contribution >= 0.6 is 0 Å². The number of nitrogens with one attached hydrogen (secondary N) is 1. The molecule has 2 heterocycles. The molecule has 0 atom stereocenters. The van der Waals surface area contributed by atoms with Gasteiger partial charge < -0.3 is 9.31 Å². The van der Waals surface area contributed by atoms with Gasteiger partial charge >= 0.3 is 7.12 Å². The topological polar surface area (TPSA) is 56.2 Å². The summed E-state index contributed by atoms with van der Waals surface area (Å²) >= 11 is 0. The van der Waals surface area contributed by atoms with Gasteiger partial charge in [-0.2, -0.15) is 0 Å². The van der Waals surface area contributed by atoms with Crippen LogP contribution in [0.1, 0.15) is 27.7 Å². The predicted molar refractivity (Wildman–Crippen MR) is 79.3 cm³/mol. The highest BCUT2D eigenvalue weighted by molar-refractivity contribution is 6.62. The van der Waals surface area contributed by atoms with Gasteiger partial charge in [-0.1, -0.05) is 6.07 Å². The summed E-state index contributed by atoms with van der Waals surface area (Å²) < 4.78 is 13.8. The van der Waals surface area contributed by atoms with Crippen LogP contribution in [-0.4, -0.2) is 28.1 Å². The van der Waals surface area contributed by atoms with Crippen LogP contribution in [0.25, 0.3) is 10.9 Å². The lowest BCUT2D eigenvalue weighted by Crippen LogP contribution is -2.41. The van der Waals surface area contributed by atoms with Crippen LogP contribution in [0.2, 0.25) is 0 Å². The monoisotopic (exact) mass is 274 g/mol. The zero-order chi connectivity index (χ0) is 14.7. The van der Waals surface area contributed by atoms with Crippen molar-refractivity contribution in [2.45, 2.75) is 38.9 Å². The second-order valence-corrected chi connectivity index (χ2v) is 6.36. The molecule has 1 fully saturated rings. The van der Waals surface area contributed by atoms with Gasteiger partial charge in [-0.3, -0.25) is 14.6 Å². The number of aromatic nitrogens is 2. The van der Waals surface area contributed by atoms with E-state index in [9.17, 15) is 4.79 Å². The van der Waals surface area contributed by atoms with E-state index >= 15 is 0 Å². The number of aryl methyl sites for hydroxylation is 1. The maximum atomic E-state index is 11.7. The fraction of sp³-hybridized carbons (Fsp3) is 0.500. The first-order chi connectivity index (χ1) is 9.21. The van der Waals surface area contributed by atoms with E-state index in [1.54, 1.807) is 4.68 Å². The van der Waals surface area contributed by atoms with Crippen molar-refractivity contribution in [1.29, 1.82) is 0 Å². The van der Waals surface area contributed by atoms with E-state index in [1.807, 2.05) is 52.9 Å². The molecule has 0 bridgehead atoms. The summed E-state index contributed by atoms with van der Waals surface area (Å²) in [6, 6.07) is 5.64. The highest BCUT2D eigenvalue weighted by Gasteiger charge is 2.51. The zero-order valence-corrected chi connectivity index (χ0v) is 12.5. The molecule has 0 aliphatic carbocycles. The molecule has 3 rings (SSSR count). The van der Waals surface area contributed by atoms with Crippen molar-refractivity contribution in [2.24, 2.45) is 7.05 Å². The number of rotatable bonds is 1. The van der Waals surface area contributed by atoms with Crippen molar-refractivity contribution < 1.29 is 9.31 Å². The fourth-order valence-corrected chi connectivity index (χ4v) is 2.42. The van der Waals surface area contributed by atoms with Crippen LogP contribution in [-0.2, 0) is 16.4 Å². The number of hydrogen-bond donors (Lipinski definition) is 1. The average molecular weight is 274 g/mol. The van der Waals surface area contributed by atoms with Crippen LogP contribution in [0.5, 0.6) is 0 Å². The Kier molecular flexibility index (Phi) is 2.69. The molecule has 20 heavy (non-hydrogen) atoms. The van der Waals surface area contributed by atoms with Gasteiger partial charge in [0.05, 0.1) is 22.1 Å². The van der Waals surface area contributed by atoms with Crippen LogP contribution in [0.4, 0.5) is 0 Å². The standard InChI is InChI=1S/C14H19BN2O3/c1-13(2)14(3,4)20-15(19-13)9-6-7-10-11(8-9)17(5)16-12(10)18/h6-8H,1-5H3,(H,16,18). The zero-order valence-electron chi connectivity index (χ0n) is 12.5. The van der Waals surface area contributed by atoms with E-state index in [1.165, 1.54) is 0 Å². The third-order valence-corrected chi connectivity index (χ3v) is 4.42. The van der Waals surface area contributed by atoms with E-state index < -0.39 is 7.12 Å². The Bertz CT molecular complexity index is 714. The lowest BCUT2D eigenvalue weighted by molar-refractivity contribution is 0.00578. The quantitative estimate of drug-likeness (QED) is 0.794. The van der Waals surface area contributed by atoms with Gasteiger partial charge in [0.1, 0.15) is 0 Å². The molecule has 1 N–H and O–H groups in total. The molecular weight excluding hydrogens is 255 g/mol. The van der Waals surface area contributed by atoms with Gasteiger partial charge in [-0.25, -0.2) is 0 Å². The van der Waals surface area contributed by atoms with Crippen molar-refractivity contribution in [3.63, 3.8) is 0 Å². The molecule has 0 spiro atoms. The molecule has 1 aromatic heterocycles. The average Bonchev–Trinajstić information content (AvgIpc) is 2.74. The van der Waals surface area contributed by atoms with Crippen LogP contribution in [0.3, 0.4) is 0 Å². The van der Waals surface area contributed by atoms with Gasteiger partial charge in [0, 0.05) is 7.05 Å². The molecule has 1 aliphatic heterocycles. The second kappa shape index (κ2) is 3.99. The minimum Gasteiger partial charge on any atom is -0.399 e. The van der Waals surface area contributed by atoms with E-state index in [2.05, 4.69) is 5.10 Å². The Hall–Kier alpha value is -1.53. The highest BCUT2D eigenvalue weighted by atomic mass is 16.7. The third-order valence-electron chi connectivity index (χ3n) is 4.42. The highest BCUT2D eigenvalue weighted by Crippen LogP contribution is 2.36. The maximum absolute atomic E-state index is 11.7. The largest absolute Gasteiger partial charge is 0.494 e. The molecule has 0 amide bonds. The van der Waals surface area contributed by atoms with Gasteiger partial charge in [0.15, 0.2) is 0 Å². The van der Waals surface area contributed by atoms with Crippen LogP contribution in [0, 0.1) is 0 Å². The molecule has 6 heteroatoms. The van der Waals surface area contributed by atoms with Crippen LogP contribution in [0.15, 0.2) is 23.0 Å². The minimum absolute atomic E-state index is 0.0806. The van der Waals surface area contributed by atoms with Crippen molar-refractivity contribution in [3.05, 3.63) is 28.6 Å². The number of H-pyrrole nitrogens is 1. The SMILES string of the molecule is Cn1[nH]c(=O)c2ccc(B3OC(C)(C)C(C)(C)O3)cc21. The molecule has 1 saturated heterocycles. The molecule has 2 aromatic rings. The summed E-state index contributed by atoms with van der Waals surface area (Å²) in [4.78, 5) is 11.7. The van der Waals surface area contributed by atoms with Crippen molar-refractivity contribution >= 4 is 23.5 Å². The first kappa shape index (κ1) is 13.5. The number of fused-ring (bicyclic) bond motifs is 1. The van der Waals surface area contributed by atoms with Crippen molar-refractivity contribution in [3.8, 4) is 0 Å². The number of nitrogens with zero attached hydrogens (tertiary/aromatic N) is 1. The summed E-state index contributed by atoms with van der Waals surface area (Å²) in [6.07, 6.45) is 0. The van der Waals surface area contributed by atoms with E-state index in [0.29, 0.717) is 5.39 Å². The molecule has 5 nitrogen and oxygen atoms in total. The Morgan fingerprint density at radius 1 is 1.15 bits per heavy atom. The first-order valence-corrected chi connectivity index (χ1v) is 6.75. The molecular formula is C14H19BN2O3. The molecule has 0 radical (unpaired) electrons. The lowest BCUT2D eigenvalue weighted by atomic mass is 9.79. The molecule has 1 aliphatic rings. The molecule has 106 valence electrons. The summed E-state index contributed by atoms with van der Waals surface area (Å²) in [5.74, 6) is 0. The van der Waals surface area contributed by atoms with Crippen LogP contribution < -0.4 is 11.0 Å². The lowest BCUT2D eigenvalue weighted by Gasteiger charge is -2.32. The summed E-state index contributed by atoms with van der Waals surface area (Å²) in [5.41, 5.74) is 0.962. The Balaban J connectivity index is 2.04. The van der Waals surface area contributed by atoms with E-state index in [0.717, 1.165) is 11.0 Å². The summed E-state index contributed by atoms with van der Waals surface area (Å²) in [6.45, 7) is 8.10. The minimum atomic E-state index is -0.408. The Morgan fingerprint density at radius 3 is 2.35 bits per heavy atom. The Morgan fingerprint density at radius 2 is 1.75 bits per heavy atom. The first-order valence-electron chi connectivity index (χ1n) is 6.75. The number of hydrogen-bond acceptors (Lipinski definition) is 3. The normalized spacial score (nSPS) is 20.8. The van der Waals surface area contributed by atoms with Crippen molar-refractivity contribution in [1.82, 2.24) is 9.78 Å². The third kappa shape index (κ3) is 1.83. The van der Waals surface area contributed by atoms with Gasteiger partial charge in [-0.05, 0) is 45.3 Å². The van der Waals surface area contributed by atoms with E-state index in [4.69, 9.17) is 9.31 Å². The smallest absolute Gasteiger partial charge is 0.399 e. The molecule has 1 aromatic carbocycles. The van der Waals surface area contributed by atoms with Gasteiger partial charge in [0.2, 0.25) is 0 Å². The number of benzene rings is 1. The van der Waals surface area contributed by atoms with Crippen molar-refractivity contribution in [2.75, 3.05) is 0 Å². The molecule has 0 saturated carbocycles. The maximum Gasteiger partial charge on any atom is 0.494 e. The second-order valence-electron chi connectivity index (χ2n) is 6.36. The summed E-state index contributed by atoms with van der Waals surface area (Å²) in [5, 5.41) is 3.42. The Labute approximate surface area is 118 Å². The van der Waals surface area contributed by atoms with Gasteiger partial charge in [0.25, 0.3) is 5.56 Å².